The molecule has 1 N–H and O–H groups in total. The summed E-state index contributed by atoms with van der Waals surface area (Å²) in [5, 5.41) is 10.8. The Balaban J connectivity index is 1.96. The molecule has 0 atom stereocenters. The van der Waals surface area contributed by atoms with Crippen molar-refractivity contribution in [2.24, 2.45) is 0 Å². The third-order valence-electron chi connectivity index (χ3n) is 4.42. The van der Waals surface area contributed by atoms with Gasteiger partial charge in [-0.2, -0.15) is 5.06 Å². The monoisotopic (exact) mass is 335 g/mol. The Morgan fingerprint density at radius 3 is 2.29 bits per heavy atom. The number of hydroxylamine groups is 2. The fourth-order valence-corrected chi connectivity index (χ4v) is 3.65. The minimum atomic E-state index is -0.841. The molecule has 1 fully saturated rings. The lowest BCUT2D eigenvalue weighted by molar-refractivity contribution is -0.295. The van der Waals surface area contributed by atoms with Crippen LogP contribution >= 0.6 is 0 Å². The van der Waals surface area contributed by atoms with Crippen molar-refractivity contribution in [1.82, 2.24) is 5.06 Å². The number of nitrogens with zero attached hydrogens (tertiary/aromatic N) is 1. The summed E-state index contributed by atoms with van der Waals surface area (Å²) < 4.78 is 6.15. The molecular weight excluding hydrogens is 306 g/mol. The van der Waals surface area contributed by atoms with Crippen molar-refractivity contribution in [2.45, 2.75) is 70.7 Å². The number of carboxylic acids is 1. The van der Waals surface area contributed by atoms with E-state index in [1.165, 1.54) is 5.56 Å². The molecule has 0 aromatic heterocycles. The van der Waals surface area contributed by atoms with Crippen LogP contribution in [0.15, 0.2) is 30.3 Å². The minimum absolute atomic E-state index is 0.0105. The van der Waals surface area contributed by atoms with Crippen molar-refractivity contribution in [3.63, 3.8) is 0 Å². The van der Waals surface area contributed by atoms with Gasteiger partial charge >= 0.3 is 5.97 Å². The maximum atomic E-state index is 10.7. The Morgan fingerprint density at radius 2 is 1.75 bits per heavy atom. The molecule has 0 bridgehead atoms. The van der Waals surface area contributed by atoms with Gasteiger partial charge in [0.05, 0.1) is 25.7 Å². The van der Waals surface area contributed by atoms with Crippen molar-refractivity contribution in [1.29, 1.82) is 0 Å². The number of aliphatic carboxylic acids is 1. The molecule has 0 unspecified atom stereocenters. The summed E-state index contributed by atoms with van der Waals surface area (Å²) in [6.45, 7) is 9.28. The van der Waals surface area contributed by atoms with Gasteiger partial charge in [-0.15, -0.1) is 0 Å². The van der Waals surface area contributed by atoms with Crippen molar-refractivity contribution < 1.29 is 19.5 Å². The molecule has 1 aliphatic heterocycles. The zero-order chi connectivity index (χ0) is 17.8. The Labute approximate surface area is 144 Å². The highest BCUT2D eigenvalue weighted by molar-refractivity contribution is 5.66. The molecule has 5 heteroatoms. The number of piperidine rings is 1. The van der Waals surface area contributed by atoms with E-state index in [2.05, 4.69) is 39.8 Å². The Hall–Kier alpha value is -1.43. The van der Waals surface area contributed by atoms with Gasteiger partial charge in [-0.3, -0.25) is 9.63 Å². The summed E-state index contributed by atoms with van der Waals surface area (Å²) in [7, 11) is 0. The van der Waals surface area contributed by atoms with E-state index in [0.717, 1.165) is 12.8 Å². The fourth-order valence-electron chi connectivity index (χ4n) is 3.65. The van der Waals surface area contributed by atoms with E-state index in [0.29, 0.717) is 6.61 Å². The average molecular weight is 335 g/mol. The van der Waals surface area contributed by atoms with E-state index in [9.17, 15) is 4.79 Å². The average Bonchev–Trinajstić information content (AvgIpc) is 2.48. The molecule has 1 heterocycles. The molecule has 1 aliphatic rings. The molecule has 2 rings (SSSR count). The SMILES string of the molecule is CC1(C)CC(OCc2ccccc2)CC(C)(C)N1OCCC(=O)O. The van der Waals surface area contributed by atoms with Crippen LogP contribution in [0.2, 0.25) is 0 Å². The van der Waals surface area contributed by atoms with Crippen LogP contribution in [0.1, 0.15) is 52.5 Å². The summed E-state index contributed by atoms with van der Waals surface area (Å²) in [5.74, 6) is -0.841. The van der Waals surface area contributed by atoms with Crippen LogP contribution < -0.4 is 0 Å². The number of hydrogen-bond donors (Lipinski definition) is 1. The molecular formula is C19H29NO4. The van der Waals surface area contributed by atoms with Gasteiger partial charge in [-0.25, -0.2) is 0 Å². The number of rotatable bonds is 7. The highest BCUT2D eigenvalue weighted by Crippen LogP contribution is 2.40. The van der Waals surface area contributed by atoms with E-state index >= 15 is 0 Å². The first kappa shape index (κ1) is 18.9. The summed E-state index contributed by atoms with van der Waals surface area (Å²) >= 11 is 0. The Kier molecular flexibility index (Phi) is 6.01. The van der Waals surface area contributed by atoms with Crippen LogP contribution in [-0.4, -0.2) is 39.9 Å². The quantitative estimate of drug-likeness (QED) is 0.824. The second-order valence-electron chi connectivity index (χ2n) is 7.72. The topological polar surface area (TPSA) is 59.0 Å². The van der Waals surface area contributed by atoms with Crippen LogP contribution in [0.4, 0.5) is 0 Å². The minimum Gasteiger partial charge on any atom is -0.481 e. The number of hydrogen-bond acceptors (Lipinski definition) is 4. The number of carboxylic acid groups (broad SMARTS) is 1. The largest absolute Gasteiger partial charge is 0.481 e. The van der Waals surface area contributed by atoms with E-state index in [1.54, 1.807) is 0 Å². The lowest BCUT2D eigenvalue weighted by atomic mass is 9.80. The molecule has 0 amide bonds. The molecule has 0 spiro atoms. The summed E-state index contributed by atoms with van der Waals surface area (Å²) in [6, 6.07) is 10.2. The van der Waals surface area contributed by atoms with E-state index in [-0.39, 0.29) is 30.2 Å². The molecule has 24 heavy (non-hydrogen) atoms. The Morgan fingerprint density at radius 1 is 1.17 bits per heavy atom. The van der Waals surface area contributed by atoms with Crippen LogP contribution in [-0.2, 0) is 21.0 Å². The van der Waals surface area contributed by atoms with Gasteiger partial charge in [0.1, 0.15) is 0 Å². The third-order valence-corrected chi connectivity index (χ3v) is 4.42. The summed E-state index contributed by atoms with van der Waals surface area (Å²) in [4.78, 5) is 16.5. The van der Waals surface area contributed by atoms with Gasteiger partial charge in [0.2, 0.25) is 0 Å². The van der Waals surface area contributed by atoms with Gasteiger partial charge in [-0.1, -0.05) is 30.3 Å². The first-order valence-electron chi connectivity index (χ1n) is 8.51. The zero-order valence-corrected chi connectivity index (χ0v) is 15.1. The molecule has 1 aromatic rings. The second kappa shape index (κ2) is 7.64. The standard InChI is InChI=1S/C19H29NO4/c1-18(2)12-16(23-14-15-8-6-5-7-9-15)13-19(3,4)20(18)24-11-10-17(21)22/h5-9,16H,10-14H2,1-4H3,(H,21,22). The first-order valence-corrected chi connectivity index (χ1v) is 8.51. The smallest absolute Gasteiger partial charge is 0.305 e. The van der Waals surface area contributed by atoms with Crippen molar-refractivity contribution >= 4 is 5.97 Å². The number of benzene rings is 1. The van der Waals surface area contributed by atoms with Crippen molar-refractivity contribution in [2.75, 3.05) is 6.61 Å². The maximum absolute atomic E-state index is 10.7. The lowest BCUT2D eigenvalue weighted by Gasteiger charge is -2.53. The lowest BCUT2D eigenvalue weighted by Crippen LogP contribution is -2.61. The van der Waals surface area contributed by atoms with E-state index in [4.69, 9.17) is 14.7 Å². The highest BCUT2D eigenvalue weighted by Gasteiger charge is 2.46. The second-order valence-corrected chi connectivity index (χ2v) is 7.72. The molecule has 0 aliphatic carbocycles. The van der Waals surface area contributed by atoms with E-state index in [1.807, 2.05) is 23.3 Å². The molecule has 0 radical (unpaired) electrons. The van der Waals surface area contributed by atoms with Gasteiger partial charge in [-0.05, 0) is 46.1 Å². The highest BCUT2D eigenvalue weighted by atomic mass is 16.7. The summed E-state index contributed by atoms with van der Waals surface area (Å²) in [5.41, 5.74) is 0.733. The van der Waals surface area contributed by atoms with Crippen LogP contribution in [0, 0.1) is 0 Å². The van der Waals surface area contributed by atoms with Gasteiger partial charge in [0.25, 0.3) is 0 Å². The van der Waals surface area contributed by atoms with Gasteiger partial charge in [0, 0.05) is 11.1 Å². The molecule has 134 valence electrons. The molecule has 5 nitrogen and oxygen atoms in total. The number of ether oxygens (including phenoxy) is 1. The predicted octanol–water partition coefficient (Wildman–Crippen LogP) is 3.63. The maximum Gasteiger partial charge on any atom is 0.305 e. The van der Waals surface area contributed by atoms with Crippen LogP contribution in [0.25, 0.3) is 0 Å². The van der Waals surface area contributed by atoms with Gasteiger partial charge < -0.3 is 9.84 Å². The first-order chi connectivity index (χ1) is 11.2. The van der Waals surface area contributed by atoms with Crippen LogP contribution in [0.3, 0.4) is 0 Å². The van der Waals surface area contributed by atoms with Crippen molar-refractivity contribution in [3.05, 3.63) is 35.9 Å². The number of carbonyl (C=O) groups is 1. The molecule has 1 saturated heterocycles. The Bertz CT molecular complexity index is 524. The fraction of sp³-hybridized carbons (Fsp3) is 0.632. The van der Waals surface area contributed by atoms with Crippen LogP contribution in [0.5, 0.6) is 0 Å². The predicted molar refractivity (Wildman–Crippen MR) is 92.5 cm³/mol. The normalized spacial score (nSPS) is 20.8. The zero-order valence-electron chi connectivity index (χ0n) is 15.1. The molecule has 0 saturated carbocycles. The summed E-state index contributed by atoms with van der Waals surface area (Å²) in [6.07, 6.45) is 1.85. The third kappa shape index (κ3) is 5.03. The van der Waals surface area contributed by atoms with E-state index < -0.39 is 5.97 Å². The van der Waals surface area contributed by atoms with Crippen molar-refractivity contribution in [3.8, 4) is 0 Å². The van der Waals surface area contributed by atoms with Gasteiger partial charge in [0.15, 0.2) is 0 Å². The molecule has 1 aromatic carbocycles.